The zero-order valence-electron chi connectivity index (χ0n) is 17.4. The van der Waals surface area contributed by atoms with Crippen molar-refractivity contribution in [2.24, 2.45) is 23.7 Å². The summed E-state index contributed by atoms with van der Waals surface area (Å²) in [6, 6.07) is 0. The number of rotatable bonds is 5. The molecule has 1 aliphatic rings. The lowest BCUT2D eigenvalue weighted by Gasteiger charge is -2.29. The summed E-state index contributed by atoms with van der Waals surface area (Å²) in [4.78, 5) is 37.7. The summed E-state index contributed by atoms with van der Waals surface area (Å²) in [5, 5.41) is 0. The molecule has 0 amide bonds. The smallest absolute Gasteiger partial charge is 0.321 e. The van der Waals surface area contributed by atoms with Gasteiger partial charge in [-0.3, -0.25) is 14.4 Å². The van der Waals surface area contributed by atoms with Crippen LogP contribution in [0.25, 0.3) is 0 Å². The van der Waals surface area contributed by atoms with Gasteiger partial charge in [0.2, 0.25) is 0 Å². The third kappa shape index (κ3) is 6.61. The van der Waals surface area contributed by atoms with E-state index in [1.165, 1.54) is 0 Å². The van der Waals surface area contributed by atoms with Crippen LogP contribution in [-0.4, -0.2) is 35.7 Å². The zero-order chi connectivity index (χ0) is 20.3. The fourth-order valence-corrected chi connectivity index (χ4v) is 3.36. The lowest BCUT2D eigenvalue weighted by atomic mass is 9.89. The van der Waals surface area contributed by atoms with Crippen molar-refractivity contribution >= 4 is 17.9 Å². The molecule has 0 saturated heterocycles. The lowest BCUT2D eigenvalue weighted by molar-refractivity contribution is -0.177. The standard InChI is InChI=1S/C20H34O6/c1-9-24-16(21)14-11-13(10-12(14)2)15(17(22)25-19(3,4)5)18(23)26-20(6,7)8/h12-15H,9-11H2,1-8H3/t12-,13-,14+/m1/s1. The third-order valence-electron chi connectivity index (χ3n) is 4.30. The van der Waals surface area contributed by atoms with E-state index in [-0.39, 0.29) is 23.7 Å². The molecular weight excluding hydrogens is 336 g/mol. The lowest BCUT2D eigenvalue weighted by Crippen LogP contribution is -2.40. The van der Waals surface area contributed by atoms with Gasteiger partial charge >= 0.3 is 17.9 Å². The summed E-state index contributed by atoms with van der Waals surface area (Å²) in [5.41, 5.74) is -1.41. The van der Waals surface area contributed by atoms with Gasteiger partial charge in [-0.1, -0.05) is 6.92 Å². The zero-order valence-corrected chi connectivity index (χ0v) is 17.4. The summed E-state index contributed by atoms with van der Waals surface area (Å²) in [7, 11) is 0. The van der Waals surface area contributed by atoms with Crippen molar-refractivity contribution in [3.05, 3.63) is 0 Å². The minimum absolute atomic E-state index is 0.0337. The molecule has 0 bridgehead atoms. The predicted molar refractivity (Wildman–Crippen MR) is 97.2 cm³/mol. The van der Waals surface area contributed by atoms with Crippen molar-refractivity contribution in [3.63, 3.8) is 0 Å². The van der Waals surface area contributed by atoms with Crippen molar-refractivity contribution in [1.82, 2.24) is 0 Å². The Bertz CT molecular complexity index is 497. The van der Waals surface area contributed by atoms with Gasteiger partial charge < -0.3 is 14.2 Å². The van der Waals surface area contributed by atoms with Gasteiger partial charge in [-0.05, 0) is 73.1 Å². The maximum Gasteiger partial charge on any atom is 0.321 e. The third-order valence-corrected chi connectivity index (χ3v) is 4.30. The average molecular weight is 370 g/mol. The van der Waals surface area contributed by atoms with Crippen molar-refractivity contribution in [3.8, 4) is 0 Å². The van der Waals surface area contributed by atoms with E-state index in [0.29, 0.717) is 19.4 Å². The van der Waals surface area contributed by atoms with Gasteiger partial charge in [-0.25, -0.2) is 0 Å². The first-order valence-corrected chi connectivity index (χ1v) is 9.37. The first kappa shape index (κ1) is 22.5. The molecule has 1 saturated carbocycles. The average Bonchev–Trinajstić information content (AvgIpc) is 2.76. The Balaban J connectivity index is 3.03. The second-order valence-electron chi connectivity index (χ2n) is 9.11. The number of esters is 3. The van der Waals surface area contributed by atoms with Crippen molar-refractivity contribution in [2.75, 3.05) is 6.61 Å². The normalized spacial score (nSPS) is 23.7. The molecule has 6 heteroatoms. The highest BCUT2D eigenvalue weighted by Crippen LogP contribution is 2.42. The Morgan fingerprint density at radius 3 is 1.77 bits per heavy atom. The molecule has 6 nitrogen and oxygen atoms in total. The van der Waals surface area contributed by atoms with Crippen LogP contribution in [0.15, 0.2) is 0 Å². The van der Waals surface area contributed by atoms with Crippen LogP contribution in [-0.2, 0) is 28.6 Å². The Morgan fingerprint density at radius 1 is 0.923 bits per heavy atom. The SMILES string of the molecule is CCOC(=O)[C@H]1C[C@H](C(C(=O)OC(C)(C)C)C(=O)OC(C)(C)C)C[C@H]1C. The van der Waals surface area contributed by atoms with Gasteiger partial charge in [0.05, 0.1) is 12.5 Å². The second kappa shape index (κ2) is 8.40. The number of carbonyl (C=O) groups excluding carboxylic acids is 3. The topological polar surface area (TPSA) is 78.9 Å². The number of hydrogen-bond donors (Lipinski definition) is 0. The van der Waals surface area contributed by atoms with E-state index in [2.05, 4.69) is 0 Å². The molecule has 26 heavy (non-hydrogen) atoms. The van der Waals surface area contributed by atoms with Crippen LogP contribution in [0.4, 0.5) is 0 Å². The Morgan fingerprint density at radius 2 is 1.38 bits per heavy atom. The van der Waals surface area contributed by atoms with E-state index < -0.39 is 29.1 Å². The Labute approximate surface area is 156 Å². The summed E-state index contributed by atoms with van der Waals surface area (Å²) in [6.07, 6.45) is 0.996. The van der Waals surface area contributed by atoms with Crippen LogP contribution >= 0.6 is 0 Å². The second-order valence-corrected chi connectivity index (χ2v) is 9.11. The summed E-state index contributed by atoms with van der Waals surface area (Å²) >= 11 is 0. The van der Waals surface area contributed by atoms with Crippen LogP contribution in [0.3, 0.4) is 0 Å². The molecular formula is C20H34O6. The monoisotopic (exact) mass is 370 g/mol. The highest BCUT2D eigenvalue weighted by molar-refractivity contribution is 5.95. The summed E-state index contributed by atoms with van der Waals surface area (Å²) in [6.45, 7) is 14.6. The van der Waals surface area contributed by atoms with Crippen LogP contribution in [0.1, 0.15) is 68.2 Å². The Kier molecular flexibility index (Phi) is 7.25. The molecule has 0 aromatic heterocycles. The molecule has 0 heterocycles. The molecule has 1 aliphatic carbocycles. The van der Waals surface area contributed by atoms with Gasteiger partial charge in [0, 0.05) is 0 Å². The molecule has 0 aromatic rings. The van der Waals surface area contributed by atoms with Gasteiger partial charge in [0.25, 0.3) is 0 Å². The minimum Gasteiger partial charge on any atom is -0.466 e. The van der Waals surface area contributed by atoms with E-state index in [1.54, 1.807) is 48.5 Å². The van der Waals surface area contributed by atoms with Crippen LogP contribution in [0.2, 0.25) is 0 Å². The molecule has 1 rings (SSSR count). The van der Waals surface area contributed by atoms with Gasteiger partial charge in [0.15, 0.2) is 5.92 Å². The molecule has 0 radical (unpaired) electrons. The van der Waals surface area contributed by atoms with E-state index >= 15 is 0 Å². The fourth-order valence-electron chi connectivity index (χ4n) is 3.36. The van der Waals surface area contributed by atoms with Crippen LogP contribution < -0.4 is 0 Å². The largest absolute Gasteiger partial charge is 0.466 e. The first-order chi connectivity index (χ1) is 11.7. The maximum absolute atomic E-state index is 12.7. The van der Waals surface area contributed by atoms with E-state index in [9.17, 15) is 14.4 Å². The quantitative estimate of drug-likeness (QED) is 0.419. The highest BCUT2D eigenvalue weighted by Gasteiger charge is 2.47. The van der Waals surface area contributed by atoms with Crippen LogP contribution in [0.5, 0.6) is 0 Å². The number of hydrogen-bond acceptors (Lipinski definition) is 6. The predicted octanol–water partition coefficient (Wildman–Crippen LogP) is 3.51. The first-order valence-electron chi connectivity index (χ1n) is 9.37. The Hall–Kier alpha value is -1.59. The minimum atomic E-state index is -1.03. The van der Waals surface area contributed by atoms with Crippen LogP contribution in [0, 0.1) is 23.7 Å². The molecule has 0 spiro atoms. The van der Waals surface area contributed by atoms with E-state index in [1.807, 2.05) is 6.92 Å². The summed E-state index contributed by atoms with van der Waals surface area (Å²) < 4.78 is 16.1. The van der Waals surface area contributed by atoms with Gasteiger partial charge in [-0.15, -0.1) is 0 Å². The maximum atomic E-state index is 12.7. The molecule has 0 aliphatic heterocycles. The van der Waals surface area contributed by atoms with Crippen molar-refractivity contribution in [2.45, 2.75) is 79.4 Å². The molecule has 3 atom stereocenters. The van der Waals surface area contributed by atoms with E-state index in [4.69, 9.17) is 14.2 Å². The van der Waals surface area contributed by atoms with Crippen molar-refractivity contribution < 1.29 is 28.6 Å². The van der Waals surface area contributed by atoms with Crippen molar-refractivity contribution in [1.29, 1.82) is 0 Å². The summed E-state index contributed by atoms with van der Waals surface area (Å²) in [5.74, 6) is -3.06. The number of carbonyl (C=O) groups is 3. The molecule has 0 unspecified atom stereocenters. The highest BCUT2D eigenvalue weighted by atomic mass is 16.6. The molecule has 0 aromatic carbocycles. The molecule has 150 valence electrons. The number of ether oxygens (including phenoxy) is 3. The molecule has 0 N–H and O–H groups in total. The van der Waals surface area contributed by atoms with Gasteiger partial charge in [0.1, 0.15) is 11.2 Å². The molecule has 1 fully saturated rings. The van der Waals surface area contributed by atoms with Gasteiger partial charge in [-0.2, -0.15) is 0 Å². The van der Waals surface area contributed by atoms with E-state index in [0.717, 1.165) is 0 Å². The fraction of sp³-hybridized carbons (Fsp3) is 0.850.